The maximum absolute atomic E-state index is 12.8. The molecule has 2 N–H and O–H groups in total. The Morgan fingerprint density at radius 1 is 1.15 bits per heavy atom. The van der Waals surface area contributed by atoms with Crippen LogP contribution in [0.3, 0.4) is 0 Å². The number of likely N-dealkylation sites (N-methyl/N-ethyl adjacent to an activating group) is 1. The van der Waals surface area contributed by atoms with Crippen LogP contribution in [0.2, 0.25) is 0 Å². The van der Waals surface area contributed by atoms with Crippen molar-refractivity contribution < 1.29 is 9.59 Å². The first-order valence-electron chi connectivity index (χ1n) is 9.35. The summed E-state index contributed by atoms with van der Waals surface area (Å²) in [5.74, 6) is 0.601. The van der Waals surface area contributed by atoms with Crippen molar-refractivity contribution in [3.63, 3.8) is 0 Å². The van der Waals surface area contributed by atoms with Crippen molar-refractivity contribution in [2.75, 3.05) is 25.5 Å². The lowest BCUT2D eigenvalue weighted by atomic mass is 9.86. The zero-order chi connectivity index (χ0) is 19.4. The van der Waals surface area contributed by atoms with E-state index in [1.807, 2.05) is 48.5 Å². The normalized spacial score (nSPS) is 16.0. The monoisotopic (exact) mass is 369 g/mol. The van der Waals surface area contributed by atoms with E-state index in [9.17, 15) is 9.59 Å². The molecule has 1 aromatic heterocycles. The zero-order valence-corrected chi connectivity index (χ0v) is 16.2. The Morgan fingerprint density at radius 3 is 2.33 bits per heavy atom. The number of benzene rings is 1. The average Bonchev–Trinajstić information content (AvgIpc) is 3.11. The van der Waals surface area contributed by atoms with Gasteiger partial charge in [0.05, 0.1) is 0 Å². The van der Waals surface area contributed by atoms with Crippen molar-refractivity contribution >= 4 is 17.6 Å². The molecule has 7 heteroatoms. The molecular formula is C20H27N5O2. The average molecular weight is 369 g/mol. The van der Waals surface area contributed by atoms with Crippen molar-refractivity contribution in [3.8, 4) is 0 Å². The summed E-state index contributed by atoms with van der Waals surface area (Å²) < 4.78 is 1.69. The van der Waals surface area contributed by atoms with Crippen LogP contribution in [0.15, 0.2) is 36.5 Å². The summed E-state index contributed by atoms with van der Waals surface area (Å²) in [5.41, 5.74) is 1.15. The second-order valence-electron chi connectivity index (χ2n) is 7.00. The molecule has 7 nitrogen and oxygen atoms in total. The smallest absolute Gasteiger partial charge is 0.253 e. The molecule has 1 aromatic carbocycles. The van der Waals surface area contributed by atoms with E-state index in [1.54, 1.807) is 11.7 Å². The number of carbonyl (C=O) groups excluding carboxylic acids is 2. The van der Waals surface area contributed by atoms with Gasteiger partial charge in [0.15, 0.2) is 0 Å². The lowest BCUT2D eigenvalue weighted by Gasteiger charge is -2.41. The largest absolute Gasteiger partial charge is 0.357 e. The van der Waals surface area contributed by atoms with Crippen molar-refractivity contribution in [2.45, 2.75) is 31.7 Å². The number of hydrogen-bond donors (Lipinski definition) is 2. The topological polar surface area (TPSA) is 79.3 Å². The molecule has 0 unspecified atom stereocenters. The Morgan fingerprint density at radius 2 is 1.81 bits per heavy atom. The first-order valence-corrected chi connectivity index (χ1v) is 9.35. The minimum atomic E-state index is -0.758. The molecule has 1 aliphatic rings. The predicted octanol–water partition coefficient (Wildman–Crippen LogP) is 1.82. The molecule has 1 aliphatic heterocycles. The number of rotatable bonds is 5. The van der Waals surface area contributed by atoms with Crippen LogP contribution in [-0.2, 0) is 18.3 Å². The van der Waals surface area contributed by atoms with Gasteiger partial charge in [0.2, 0.25) is 5.91 Å². The Bertz CT molecular complexity index is 804. The van der Waals surface area contributed by atoms with Gasteiger partial charge in [-0.2, -0.15) is 5.10 Å². The second-order valence-corrected chi connectivity index (χ2v) is 7.00. The van der Waals surface area contributed by atoms with E-state index in [2.05, 4.69) is 22.7 Å². The van der Waals surface area contributed by atoms with Crippen LogP contribution in [0.25, 0.3) is 0 Å². The third-order valence-corrected chi connectivity index (χ3v) is 5.26. The highest BCUT2D eigenvalue weighted by Gasteiger charge is 2.42. The number of nitrogens with one attached hydrogen (secondary N) is 2. The molecule has 0 aliphatic carbocycles. The summed E-state index contributed by atoms with van der Waals surface area (Å²) in [6.07, 6.45) is 3.84. The number of anilines is 1. The standard InChI is InChI=1S/C20H27N5O2/c1-4-15-5-7-16(8-6-15)18(26)25-13-10-20(11-14-25,19(27)21-2)22-17-9-12-24(3)23-17/h5-9,12H,4,10-11,13-14H2,1-3H3,(H,21,27)(H,22,23). The fourth-order valence-electron chi connectivity index (χ4n) is 3.53. The number of hydrogen-bond acceptors (Lipinski definition) is 4. The van der Waals surface area contributed by atoms with Crippen LogP contribution in [0.5, 0.6) is 0 Å². The highest BCUT2D eigenvalue weighted by Crippen LogP contribution is 2.28. The molecule has 0 bridgehead atoms. The van der Waals surface area contributed by atoms with Gasteiger partial charge >= 0.3 is 0 Å². The molecule has 1 saturated heterocycles. The van der Waals surface area contributed by atoms with Gasteiger partial charge in [-0.1, -0.05) is 19.1 Å². The maximum Gasteiger partial charge on any atom is 0.253 e. The highest BCUT2D eigenvalue weighted by atomic mass is 16.2. The summed E-state index contributed by atoms with van der Waals surface area (Å²) in [5, 5.41) is 10.4. The van der Waals surface area contributed by atoms with Crippen LogP contribution < -0.4 is 10.6 Å². The number of aromatic nitrogens is 2. The lowest BCUT2D eigenvalue weighted by molar-refractivity contribution is -0.126. The number of amides is 2. The molecule has 1 fully saturated rings. The molecule has 0 radical (unpaired) electrons. The van der Waals surface area contributed by atoms with Crippen LogP contribution in [0.4, 0.5) is 5.82 Å². The third kappa shape index (κ3) is 3.97. The molecule has 0 saturated carbocycles. The molecule has 0 spiro atoms. The van der Waals surface area contributed by atoms with Crippen molar-refractivity contribution in [3.05, 3.63) is 47.7 Å². The molecule has 2 amide bonds. The van der Waals surface area contributed by atoms with Gasteiger partial charge in [0, 0.05) is 45.0 Å². The van der Waals surface area contributed by atoms with Crippen molar-refractivity contribution in [2.24, 2.45) is 7.05 Å². The molecule has 2 heterocycles. The van der Waals surface area contributed by atoms with E-state index >= 15 is 0 Å². The van der Waals surface area contributed by atoms with Crippen molar-refractivity contribution in [1.82, 2.24) is 20.0 Å². The first kappa shape index (κ1) is 18.9. The fourth-order valence-corrected chi connectivity index (χ4v) is 3.53. The van der Waals surface area contributed by atoms with E-state index in [0.717, 1.165) is 6.42 Å². The quantitative estimate of drug-likeness (QED) is 0.843. The molecule has 27 heavy (non-hydrogen) atoms. The Labute approximate surface area is 159 Å². The van der Waals surface area contributed by atoms with Crippen molar-refractivity contribution in [1.29, 1.82) is 0 Å². The maximum atomic E-state index is 12.8. The van der Waals surface area contributed by atoms with Gasteiger partial charge in [-0.05, 0) is 37.0 Å². The van der Waals surface area contributed by atoms with E-state index in [4.69, 9.17) is 0 Å². The van der Waals surface area contributed by atoms with E-state index in [-0.39, 0.29) is 11.8 Å². The van der Waals surface area contributed by atoms with E-state index < -0.39 is 5.54 Å². The van der Waals surface area contributed by atoms with Gasteiger partial charge in [0.25, 0.3) is 5.91 Å². The minimum Gasteiger partial charge on any atom is -0.357 e. The van der Waals surface area contributed by atoms with Gasteiger partial charge in [0.1, 0.15) is 11.4 Å². The molecule has 2 aromatic rings. The van der Waals surface area contributed by atoms with Crippen LogP contribution >= 0.6 is 0 Å². The first-order chi connectivity index (χ1) is 13.0. The number of aryl methyl sites for hydroxylation is 2. The zero-order valence-electron chi connectivity index (χ0n) is 16.2. The van der Waals surface area contributed by atoms with Crippen LogP contribution in [-0.4, -0.2) is 52.2 Å². The molecular weight excluding hydrogens is 342 g/mol. The summed E-state index contributed by atoms with van der Waals surface area (Å²) >= 11 is 0. The number of piperidine rings is 1. The molecule has 0 atom stereocenters. The highest BCUT2D eigenvalue weighted by molar-refractivity contribution is 5.95. The van der Waals surface area contributed by atoms with Gasteiger partial charge in [-0.3, -0.25) is 14.3 Å². The third-order valence-electron chi connectivity index (χ3n) is 5.26. The minimum absolute atomic E-state index is 0.0148. The van der Waals surface area contributed by atoms with E-state index in [1.165, 1.54) is 5.56 Å². The van der Waals surface area contributed by atoms with Gasteiger partial charge in [-0.25, -0.2) is 0 Å². The fraction of sp³-hybridized carbons (Fsp3) is 0.450. The summed E-state index contributed by atoms with van der Waals surface area (Å²) in [6.45, 7) is 3.12. The van der Waals surface area contributed by atoms with Gasteiger partial charge in [-0.15, -0.1) is 0 Å². The number of carbonyl (C=O) groups is 2. The molecule has 3 rings (SSSR count). The summed E-state index contributed by atoms with van der Waals surface area (Å²) in [7, 11) is 3.47. The van der Waals surface area contributed by atoms with Crippen LogP contribution in [0, 0.1) is 0 Å². The Balaban J connectivity index is 1.71. The lowest BCUT2D eigenvalue weighted by Crippen LogP contribution is -2.58. The predicted molar refractivity (Wildman–Crippen MR) is 105 cm³/mol. The van der Waals surface area contributed by atoms with E-state index in [0.29, 0.717) is 37.3 Å². The second kappa shape index (κ2) is 7.82. The van der Waals surface area contributed by atoms with Crippen LogP contribution in [0.1, 0.15) is 35.7 Å². The number of likely N-dealkylation sites (tertiary alicyclic amines) is 1. The summed E-state index contributed by atoms with van der Waals surface area (Å²) in [6, 6.07) is 9.60. The molecule has 144 valence electrons. The van der Waals surface area contributed by atoms with Gasteiger partial charge < -0.3 is 15.5 Å². The summed E-state index contributed by atoms with van der Waals surface area (Å²) in [4.78, 5) is 27.2. The number of nitrogens with zero attached hydrogens (tertiary/aromatic N) is 3. The SMILES string of the molecule is CCc1ccc(C(=O)N2CCC(Nc3ccn(C)n3)(C(=O)NC)CC2)cc1. The Kier molecular flexibility index (Phi) is 5.48. The Hall–Kier alpha value is -2.83.